The van der Waals surface area contributed by atoms with Crippen LogP contribution in [0.15, 0.2) is 10.7 Å². The van der Waals surface area contributed by atoms with Gasteiger partial charge in [0.15, 0.2) is 0 Å². The number of fused-ring (bicyclic) bond motifs is 8. The van der Waals surface area contributed by atoms with Gasteiger partial charge in [-0.2, -0.15) is 0 Å². The fraction of sp³-hybridized carbons (Fsp3) is 0.818. The highest BCUT2D eigenvalue weighted by Crippen LogP contribution is 2.76. The van der Waals surface area contributed by atoms with E-state index in [1.165, 1.54) is 29.8 Å². The van der Waals surface area contributed by atoms with Gasteiger partial charge in [-0.15, -0.1) is 21.5 Å². The minimum Gasteiger partial charge on any atom is -0.361 e. The molecule has 39 heavy (non-hydrogen) atoms. The number of rotatable bonds is 1. The van der Waals surface area contributed by atoms with Crippen molar-refractivity contribution >= 4 is 17.1 Å². The number of hydrogen-bond donors (Lipinski definition) is 0. The molecule has 2 unspecified atom stereocenters. The lowest BCUT2D eigenvalue weighted by Gasteiger charge is -2.72. The first-order valence-corrected chi connectivity index (χ1v) is 16.3. The molecule has 0 bridgehead atoms. The Morgan fingerprint density at radius 1 is 0.923 bits per heavy atom. The van der Waals surface area contributed by atoms with E-state index in [0.29, 0.717) is 23.5 Å². The minimum atomic E-state index is -0.0637. The van der Waals surface area contributed by atoms with E-state index in [1.54, 1.807) is 11.3 Å². The summed E-state index contributed by atoms with van der Waals surface area (Å²) in [6.07, 6.45) is 11.8. The molecule has 0 radical (unpaired) electrons. The summed E-state index contributed by atoms with van der Waals surface area (Å²) in [6, 6.07) is 0. The van der Waals surface area contributed by atoms with E-state index in [1.807, 2.05) is 6.20 Å². The van der Waals surface area contributed by atoms with E-state index in [0.717, 1.165) is 49.3 Å². The zero-order valence-corrected chi connectivity index (χ0v) is 26.1. The van der Waals surface area contributed by atoms with Gasteiger partial charge in [0.1, 0.15) is 21.6 Å². The molecule has 0 amide bonds. The number of ketones is 1. The number of aromatic nitrogens is 3. The number of nitrogens with zero attached hydrogens (tertiary/aromatic N) is 3. The summed E-state index contributed by atoms with van der Waals surface area (Å²) in [7, 11) is 0. The Balaban J connectivity index is 1.34. The van der Waals surface area contributed by atoms with Gasteiger partial charge in [-0.05, 0) is 97.7 Å². The third-order valence-corrected chi connectivity index (χ3v) is 15.0. The molecule has 6 heteroatoms. The van der Waals surface area contributed by atoms with Crippen molar-refractivity contribution in [3.8, 4) is 0 Å². The zero-order chi connectivity index (χ0) is 27.8. The first kappa shape index (κ1) is 26.3. The zero-order valence-electron chi connectivity index (χ0n) is 25.3. The molecule has 2 aromatic rings. The molecule has 0 spiro atoms. The van der Waals surface area contributed by atoms with E-state index in [-0.39, 0.29) is 38.4 Å². The molecule has 2 heterocycles. The van der Waals surface area contributed by atoms with E-state index in [2.05, 4.69) is 65.6 Å². The summed E-state index contributed by atoms with van der Waals surface area (Å²) in [5, 5.41) is 15.8. The molecule has 0 aliphatic heterocycles. The lowest BCUT2D eigenvalue weighted by atomic mass is 9.31. The summed E-state index contributed by atoms with van der Waals surface area (Å²) in [6.45, 7) is 19.3. The fourth-order valence-electron chi connectivity index (χ4n) is 11.9. The maximum Gasteiger partial charge on any atom is 0.145 e. The summed E-state index contributed by atoms with van der Waals surface area (Å²) in [4.78, 5) is 14.8. The predicted molar refractivity (Wildman–Crippen MR) is 154 cm³/mol. The largest absolute Gasteiger partial charge is 0.361 e. The SMILES string of the molecule is Cc1nnc([C@]23CCC(C)(C)CC2C2C(=O)C[C@@H]4[C@@]5(C)Cc6cnoc6C(C)(C)[C@@H]5CC[C@@]4(C)[C@]2(C)CC3)s1. The van der Waals surface area contributed by atoms with Crippen LogP contribution in [0.3, 0.4) is 0 Å². The van der Waals surface area contributed by atoms with Gasteiger partial charge in [-0.25, -0.2) is 0 Å². The van der Waals surface area contributed by atoms with Crippen LogP contribution in [0.1, 0.15) is 121 Å². The molecule has 0 saturated heterocycles. The van der Waals surface area contributed by atoms with Crippen LogP contribution in [0.4, 0.5) is 0 Å². The standard InChI is InChI=1S/C33H47N3O2S/c1-19-35-36-27(39-19)33-13-11-28(2,3)17-21(33)25-22(37)15-24-30(6)16-20-18-34-38-26(20)29(4,5)23(30)9-10-31(24,7)32(25,8)12-14-33/h18,21,23-25H,9-17H2,1-8H3/t21?,23-,24+,25?,30-,31+,32+,33-/m0/s1. The maximum atomic E-state index is 14.8. The average molecular weight is 550 g/mol. The Morgan fingerprint density at radius 3 is 2.38 bits per heavy atom. The maximum absolute atomic E-state index is 14.8. The van der Waals surface area contributed by atoms with Crippen molar-refractivity contribution in [3.05, 3.63) is 27.5 Å². The number of hydrogen-bond acceptors (Lipinski definition) is 6. The Morgan fingerprint density at radius 2 is 1.67 bits per heavy atom. The van der Waals surface area contributed by atoms with Gasteiger partial charge in [0, 0.05) is 28.7 Å². The Bertz CT molecular complexity index is 1340. The Hall–Kier alpha value is -1.56. The van der Waals surface area contributed by atoms with Gasteiger partial charge in [0.05, 0.1) is 6.20 Å². The monoisotopic (exact) mass is 549 g/mol. The van der Waals surface area contributed by atoms with Crippen molar-refractivity contribution in [3.63, 3.8) is 0 Å². The summed E-state index contributed by atoms with van der Waals surface area (Å²) in [5.74, 6) is 2.97. The first-order chi connectivity index (χ1) is 18.2. The molecule has 5 aliphatic rings. The molecule has 8 atom stereocenters. The van der Waals surface area contributed by atoms with Crippen molar-refractivity contribution in [2.45, 2.75) is 124 Å². The molecule has 4 fully saturated rings. The quantitative estimate of drug-likeness (QED) is 0.362. The normalized spacial score (nSPS) is 45.9. The Labute approximate surface area is 238 Å². The highest BCUT2D eigenvalue weighted by molar-refractivity contribution is 7.11. The van der Waals surface area contributed by atoms with Gasteiger partial charge in [-0.3, -0.25) is 4.79 Å². The first-order valence-electron chi connectivity index (χ1n) is 15.5. The number of aryl methyl sites for hydroxylation is 1. The molecule has 4 saturated carbocycles. The van der Waals surface area contributed by atoms with Crippen molar-refractivity contribution in [2.24, 2.45) is 45.3 Å². The summed E-state index contributed by atoms with van der Waals surface area (Å²) >= 11 is 1.79. The number of carbonyl (C=O) groups is 1. The molecule has 0 aromatic carbocycles. The minimum absolute atomic E-state index is 0.00135. The second-order valence-corrected chi connectivity index (χ2v) is 17.7. The predicted octanol–water partition coefficient (Wildman–Crippen LogP) is 7.86. The molecular formula is C33H47N3O2S. The van der Waals surface area contributed by atoms with Crippen LogP contribution in [0, 0.1) is 52.3 Å². The van der Waals surface area contributed by atoms with Crippen LogP contribution in [0.5, 0.6) is 0 Å². The molecule has 5 aliphatic carbocycles. The van der Waals surface area contributed by atoms with E-state index < -0.39 is 0 Å². The van der Waals surface area contributed by atoms with Gasteiger partial charge < -0.3 is 4.52 Å². The second-order valence-electron chi connectivity index (χ2n) is 16.5. The van der Waals surface area contributed by atoms with Crippen LogP contribution < -0.4 is 0 Å². The van der Waals surface area contributed by atoms with Gasteiger partial charge in [0.2, 0.25) is 0 Å². The lowest BCUT2D eigenvalue weighted by molar-refractivity contribution is -0.220. The molecule has 7 rings (SSSR count). The van der Waals surface area contributed by atoms with Crippen LogP contribution in [0.2, 0.25) is 0 Å². The van der Waals surface area contributed by atoms with Crippen molar-refractivity contribution in [1.29, 1.82) is 0 Å². The second kappa shape index (κ2) is 7.83. The van der Waals surface area contributed by atoms with E-state index >= 15 is 0 Å². The molecule has 5 nitrogen and oxygen atoms in total. The van der Waals surface area contributed by atoms with Gasteiger partial charge in [0.25, 0.3) is 0 Å². The smallest absolute Gasteiger partial charge is 0.145 e. The summed E-state index contributed by atoms with van der Waals surface area (Å²) in [5.41, 5.74) is 1.67. The molecule has 0 N–H and O–H groups in total. The van der Waals surface area contributed by atoms with Crippen LogP contribution in [-0.2, 0) is 22.0 Å². The van der Waals surface area contributed by atoms with Crippen molar-refractivity contribution in [1.82, 2.24) is 15.4 Å². The van der Waals surface area contributed by atoms with E-state index in [9.17, 15) is 4.79 Å². The Kier molecular flexibility index (Phi) is 5.29. The third-order valence-electron chi connectivity index (χ3n) is 13.9. The number of Topliss-reactive ketones (excluding diaryl/α,β-unsaturated/α-hetero) is 1. The lowest BCUT2D eigenvalue weighted by Crippen LogP contribution is -2.69. The van der Waals surface area contributed by atoms with Gasteiger partial charge in [-0.1, -0.05) is 53.6 Å². The topological polar surface area (TPSA) is 68.9 Å². The molecule has 2 aromatic heterocycles. The van der Waals surface area contributed by atoms with Crippen molar-refractivity contribution < 1.29 is 9.32 Å². The summed E-state index contributed by atoms with van der Waals surface area (Å²) < 4.78 is 5.86. The van der Waals surface area contributed by atoms with Gasteiger partial charge >= 0.3 is 0 Å². The third kappa shape index (κ3) is 3.19. The van der Waals surface area contributed by atoms with Crippen LogP contribution in [0.25, 0.3) is 0 Å². The van der Waals surface area contributed by atoms with Crippen LogP contribution >= 0.6 is 11.3 Å². The number of carbonyl (C=O) groups excluding carboxylic acids is 1. The highest BCUT2D eigenvalue weighted by atomic mass is 32.1. The van der Waals surface area contributed by atoms with Crippen molar-refractivity contribution in [2.75, 3.05) is 0 Å². The van der Waals surface area contributed by atoms with Crippen LogP contribution in [-0.4, -0.2) is 21.1 Å². The highest BCUT2D eigenvalue weighted by Gasteiger charge is 2.72. The molecular weight excluding hydrogens is 502 g/mol. The average Bonchev–Trinajstić information content (AvgIpc) is 3.50. The fourth-order valence-corrected chi connectivity index (χ4v) is 12.9. The van der Waals surface area contributed by atoms with E-state index in [4.69, 9.17) is 9.62 Å². The molecule has 212 valence electrons.